The van der Waals surface area contributed by atoms with Gasteiger partial charge in [-0.1, -0.05) is 116 Å². The molecular weight excluding hydrogens is 276 g/mol. The number of hydrogen-bond donors (Lipinski definition) is 0. The van der Waals surface area contributed by atoms with Gasteiger partial charge in [-0.2, -0.15) is 0 Å². The molecule has 0 atom stereocenters. The fraction of sp³-hybridized carbons (Fsp3) is 0.304. The van der Waals surface area contributed by atoms with Crippen molar-refractivity contribution >= 4 is 0 Å². The quantitative estimate of drug-likeness (QED) is 0.444. The Morgan fingerprint density at radius 3 is 0.870 bits per heavy atom. The van der Waals surface area contributed by atoms with Crippen LogP contribution in [0.1, 0.15) is 44.9 Å². The minimum Gasteiger partial charge on any atom is -0.0845 e. The number of rotatable bonds is 0. The van der Waals surface area contributed by atoms with Crippen molar-refractivity contribution in [3.63, 3.8) is 0 Å². The van der Waals surface area contributed by atoms with Crippen LogP contribution in [0.2, 0.25) is 0 Å². The van der Waals surface area contributed by atoms with Crippen LogP contribution in [0.25, 0.3) is 0 Å². The van der Waals surface area contributed by atoms with Gasteiger partial charge in [0.25, 0.3) is 0 Å². The van der Waals surface area contributed by atoms with Crippen LogP contribution in [0, 0.1) is 0 Å². The van der Waals surface area contributed by atoms with Crippen molar-refractivity contribution in [1.82, 2.24) is 0 Å². The fourth-order valence-electron chi connectivity index (χ4n) is 2.17. The van der Waals surface area contributed by atoms with Crippen molar-refractivity contribution in [1.29, 1.82) is 0 Å². The predicted molar refractivity (Wildman–Crippen MR) is 105 cm³/mol. The molecule has 0 aromatic rings. The van der Waals surface area contributed by atoms with Gasteiger partial charge >= 0.3 is 0 Å². The molecular formula is C23H30. The zero-order valence-electron chi connectivity index (χ0n) is 14.2. The summed E-state index contributed by atoms with van der Waals surface area (Å²) in [5, 5.41) is 0. The molecule has 0 fully saturated rings. The van der Waals surface area contributed by atoms with E-state index in [1.54, 1.807) is 0 Å². The third-order valence-electron chi connectivity index (χ3n) is 3.46. The smallest absolute Gasteiger partial charge is 0.0348 e. The summed E-state index contributed by atoms with van der Waals surface area (Å²) in [7, 11) is 0. The third kappa shape index (κ3) is 14.6. The van der Waals surface area contributed by atoms with E-state index in [2.05, 4.69) is 60.8 Å². The maximum atomic E-state index is 2.26. The molecule has 0 amide bonds. The fourth-order valence-corrected chi connectivity index (χ4v) is 2.17. The van der Waals surface area contributed by atoms with E-state index in [1.165, 1.54) is 44.9 Å². The van der Waals surface area contributed by atoms with E-state index in [-0.39, 0.29) is 0 Å². The van der Waals surface area contributed by atoms with Crippen molar-refractivity contribution in [3.05, 3.63) is 97.2 Å². The van der Waals surface area contributed by atoms with Gasteiger partial charge in [0, 0.05) is 0 Å². The highest BCUT2D eigenvalue weighted by Gasteiger charge is 1.88. The Hall–Kier alpha value is -2.08. The molecule has 23 heavy (non-hydrogen) atoms. The Balaban J connectivity index is 2.44. The lowest BCUT2D eigenvalue weighted by Crippen LogP contribution is -1.78. The summed E-state index contributed by atoms with van der Waals surface area (Å²) in [6.07, 6.45) is 42.5. The monoisotopic (exact) mass is 306 g/mol. The largest absolute Gasteiger partial charge is 0.0845 e. The first kappa shape index (κ1) is 19.0. The van der Waals surface area contributed by atoms with E-state index in [1.807, 2.05) is 36.5 Å². The van der Waals surface area contributed by atoms with E-state index >= 15 is 0 Å². The van der Waals surface area contributed by atoms with Gasteiger partial charge in [0.1, 0.15) is 0 Å². The second-order valence-electron chi connectivity index (χ2n) is 5.51. The van der Waals surface area contributed by atoms with Crippen LogP contribution in [0.5, 0.6) is 0 Å². The lowest BCUT2D eigenvalue weighted by atomic mass is 10.1. The highest BCUT2D eigenvalue weighted by atomic mass is 13.9. The first-order valence-corrected chi connectivity index (χ1v) is 8.82. The average molecular weight is 306 g/mol. The van der Waals surface area contributed by atoms with Crippen LogP contribution >= 0.6 is 0 Å². The van der Waals surface area contributed by atoms with Gasteiger partial charge in [-0.15, -0.1) is 0 Å². The van der Waals surface area contributed by atoms with Gasteiger partial charge in [-0.05, 0) is 25.7 Å². The van der Waals surface area contributed by atoms with E-state index in [4.69, 9.17) is 0 Å². The van der Waals surface area contributed by atoms with Crippen LogP contribution in [0.4, 0.5) is 0 Å². The summed E-state index contributed by atoms with van der Waals surface area (Å²) in [4.78, 5) is 0. The van der Waals surface area contributed by atoms with Crippen LogP contribution in [-0.2, 0) is 0 Å². The summed E-state index contributed by atoms with van der Waals surface area (Å²) in [6.45, 7) is 0. The van der Waals surface area contributed by atoms with E-state index in [0.29, 0.717) is 0 Å². The zero-order chi connectivity index (χ0) is 16.3. The summed E-state index contributed by atoms with van der Waals surface area (Å²) in [6, 6.07) is 0. The van der Waals surface area contributed by atoms with Crippen LogP contribution in [-0.4, -0.2) is 0 Å². The van der Waals surface area contributed by atoms with Crippen LogP contribution < -0.4 is 0 Å². The molecule has 0 nitrogen and oxygen atoms in total. The van der Waals surface area contributed by atoms with Gasteiger partial charge in [0.15, 0.2) is 0 Å². The number of allylic oxidation sites excluding steroid dienone is 16. The molecule has 0 heterocycles. The first-order valence-electron chi connectivity index (χ1n) is 8.82. The lowest BCUT2D eigenvalue weighted by Gasteiger charge is -1.97. The Kier molecular flexibility index (Phi) is 13.4. The average Bonchev–Trinajstić information content (AvgIpc) is 2.56. The molecule has 0 aliphatic heterocycles. The van der Waals surface area contributed by atoms with Crippen molar-refractivity contribution < 1.29 is 0 Å². The van der Waals surface area contributed by atoms with Crippen molar-refractivity contribution in [2.75, 3.05) is 0 Å². The molecule has 0 N–H and O–H groups in total. The number of hydrogen-bond acceptors (Lipinski definition) is 0. The molecule has 1 rings (SSSR count). The molecule has 0 heteroatoms. The lowest BCUT2D eigenvalue weighted by molar-refractivity contribution is 0.622. The van der Waals surface area contributed by atoms with Crippen LogP contribution in [0.15, 0.2) is 97.2 Å². The molecule has 0 aromatic carbocycles. The Labute approximate surface area is 142 Å². The second-order valence-corrected chi connectivity index (χ2v) is 5.51. The van der Waals surface area contributed by atoms with Crippen molar-refractivity contribution in [2.24, 2.45) is 0 Å². The first-order chi connectivity index (χ1) is 11.5. The molecule has 0 radical (unpaired) electrons. The maximum Gasteiger partial charge on any atom is -0.0348 e. The minimum absolute atomic E-state index is 1.19. The Bertz CT molecular complexity index is 444. The highest BCUT2D eigenvalue weighted by Crippen LogP contribution is 2.08. The predicted octanol–water partition coefficient (Wildman–Crippen LogP) is 7.18. The standard InChI is InChI=1S/C23H30/c1-2-4-6-8-10-12-14-16-18-20-22-23-21-19-17-15-13-11-9-7-5-3-1/h1-16H,17-23H2/b3-1-,4-2+,7-5+,8-6+,11-9+,12-10+,15-13-,16-14?. The highest BCUT2D eigenvalue weighted by molar-refractivity contribution is 5.21. The summed E-state index contributed by atoms with van der Waals surface area (Å²) < 4.78 is 0. The molecule has 1 aliphatic rings. The van der Waals surface area contributed by atoms with Crippen molar-refractivity contribution in [3.8, 4) is 0 Å². The minimum atomic E-state index is 1.19. The van der Waals surface area contributed by atoms with E-state index in [0.717, 1.165) is 0 Å². The second kappa shape index (κ2) is 16.3. The normalized spacial score (nSPS) is 28.2. The summed E-state index contributed by atoms with van der Waals surface area (Å²) in [5.74, 6) is 0. The zero-order valence-corrected chi connectivity index (χ0v) is 14.2. The maximum absolute atomic E-state index is 2.26. The van der Waals surface area contributed by atoms with E-state index < -0.39 is 0 Å². The van der Waals surface area contributed by atoms with Gasteiger partial charge < -0.3 is 0 Å². The molecule has 0 saturated carbocycles. The molecule has 0 bridgehead atoms. The van der Waals surface area contributed by atoms with Crippen molar-refractivity contribution in [2.45, 2.75) is 44.9 Å². The SMILES string of the molecule is C1=CCCCCCCC\C=C/C=C/C=C/C=C\C=C\C=C\C=C\1. The van der Waals surface area contributed by atoms with Gasteiger partial charge in [0.05, 0.1) is 0 Å². The molecule has 122 valence electrons. The summed E-state index contributed by atoms with van der Waals surface area (Å²) in [5.41, 5.74) is 0. The van der Waals surface area contributed by atoms with E-state index in [9.17, 15) is 0 Å². The molecule has 1 aliphatic carbocycles. The molecule has 0 aromatic heterocycles. The molecule has 0 spiro atoms. The molecule has 0 unspecified atom stereocenters. The summed E-state index contributed by atoms with van der Waals surface area (Å²) >= 11 is 0. The molecule has 0 saturated heterocycles. The topological polar surface area (TPSA) is 0 Å². The Morgan fingerprint density at radius 1 is 0.261 bits per heavy atom. The van der Waals surface area contributed by atoms with Gasteiger partial charge in [0.2, 0.25) is 0 Å². The van der Waals surface area contributed by atoms with Crippen LogP contribution in [0.3, 0.4) is 0 Å². The van der Waals surface area contributed by atoms with Gasteiger partial charge in [-0.3, -0.25) is 0 Å². The van der Waals surface area contributed by atoms with Gasteiger partial charge in [-0.25, -0.2) is 0 Å². The third-order valence-corrected chi connectivity index (χ3v) is 3.46. The Morgan fingerprint density at radius 2 is 0.522 bits per heavy atom.